The van der Waals surface area contributed by atoms with Crippen molar-refractivity contribution in [2.24, 2.45) is 0 Å². The molecule has 0 fully saturated rings. The molecule has 2 nitrogen and oxygen atoms in total. The predicted octanol–water partition coefficient (Wildman–Crippen LogP) is 2.28. The lowest BCUT2D eigenvalue weighted by Crippen LogP contribution is -2.28. The highest BCUT2D eigenvalue weighted by molar-refractivity contribution is 5.14. The molecule has 0 saturated carbocycles. The van der Waals surface area contributed by atoms with Gasteiger partial charge in [-0.3, -0.25) is 0 Å². The fourth-order valence-electron chi connectivity index (χ4n) is 1.44. The summed E-state index contributed by atoms with van der Waals surface area (Å²) in [7, 11) is 2.08. The van der Waals surface area contributed by atoms with Gasteiger partial charge >= 0.3 is 0 Å². The SMILES string of the molecule is CN(CCC(C)(C)O)Cc1ccccc1. The Kier molecular flexibility index (Phi) is 4.30. The molecule has 0 aromatic heterocycles. The van der Waals surface area contributed by atoms with Gasteiger partial charge in [-0.2, -0.15) is 0 Å². The lowest BCUT2D eigenvalue weighted by Gasteiger charge is -2.22. The molecular formula is C13H21NO. The molecule has 0 spiro atoms. The smallest absolute Gasteiger partial charge is 0.0603 e. The normalized spacial score (nSPS) is 12.1. The lowest BCUT2D eigenvalue weighted by atomic mass is 10.1. The third-order valence-electron chi connectivity index (χ3n) is 2.40. The summed E-state index contributed by atoms with van der Waals surface area (Å²) in [6.45, 7) is 5.56. The van der Waals surface area contributed by atoms with Gasteiger partial charge in [-0.1, -0.05) is 30.3 Å². The van der Waals surface area contributed by atoms with Crippen LogP contribution in [0.3, 0.4) is 0 Å². The van der Waals surface area contributed by atoms with E-state index in [9.17, 15) is 5.11 Å². The first-order chi connectivity index (χ1) is 6.97. The van der Waals surface area contributed by atoms with Crippen molar-refractivity contribution < 1.29 is 5.11 Å². The molecule has 0 unspecified atom stereocenters. The summed E-state index contributed by atoms with van der Waals surface area (Å²) in [6, 6.07) is 10.4. The Labute approximate surface area is 92.5 Å². The highest BCUT2D eigenvalue weighted by Crippen LogP contribution is 2.09. The summed E-state index contributed by atoms with van der Waals surface area (Å²) in [5.74, 6) is 0. The van der Waals surface area contributed by atoms with Crippen LogP contribution in [0.1, 0.15) is 25.8 Å². The summed E-state index contributed by atoms with van der Waals surface area (Å²) in [5, 5.41) is 9.61. The second-order valence-electron chi connectivity index (χ2n) is 4.79. The van der Waals surface area contributed by atoms with Crippen molar-refractivity contribution in [2.75, 3.05) is 13.6 Å². The van der Waals surface area contributed by atoms with Crippen molar-refractivity contribution in [3.05, 3.63) is 35.9 Å². The first-order valence-electron chi connectivity index (χ1n) is 5.42. The molecule has 1 aromatic carbocycles. The number of hydrogen-bond acceptors (Lipinski definition) is 2. The van der Waals surface area contributed by atoms with Gasteiger partial charge in [-0.15, -0.1) is 0 Å². The third-order valence-corrected chi connectivity index (χ3v) is 2.40. The molecule has 1 N–H and O–H groups in total. The molecule has 15 heavy (non-hydrogen) atoms. The van der Waals surface area contributed by atoms with E-state index in [1.807, 2.05) is 19.9 Å². The minimum absolute atomic E-state index is 0.565. The summed E-state index contributed by atoms with van der Waals surface area (Å²) in [4.78, 5) is 2.23. The van der Waals surface area contributed by atoms with Gasteiger partial charge in [0, 0.05) is 13.1 Å². The van der Waals surface area contributed by atoms with Crippen molar-refractivity contribution in [2.45, 2.75) is 32.4 Å². The van der Waals surface area contributed by atoms with E-state index in [0.717, 1.165) is 19.5 Å². The molecule has 0 aliphatic heterocycles. The zero-order valence-electron chi connectivity index (χ0n) is 9.90. The number of aliphatic hydroxyl groups is 1. The molecule has 1 rings (SSSR count). The van der Waals surface area contributed by atoms with E-state index in [2.05, 4.69) is 36.2 Å². The van der Waals surface area contributed by atoms with E-state index >= 15 is 0 Å². The van der Waals surface area contributed by atoms with Crippen LogP contribution in [-0.2, 0) is 6.54 Å². The number of hydrogen-bond donors (Lipinski definition) is 1. The molecule has 0 saturated heterocycles. The molecule has 0 amide bonds. The average molecular weight is 207 g/mol. The van der Waals surface area contributed by atoms with Crippen LogP contribution in [0.25, 0.3) is 0 Å². The van der Waals surface area contributed by atoms with Crippen LogP contribution in [0.15, 0.2) is 30.3 Å². The Morgan fingerprint density at radius 1 is 1.20 bits per heavy atom. The quantitative estimate of drug-likeness (QED) is 0.800. The van der Waals surface area contributed by atoms with Crippen molar-refractivity contribution in [1.29, 1.82) is 0 Å². The second-order valence-corrected chi connectivity index (χ2v) is 4.79. The molecular weight excluding hydrogens is 186 g/mol. The molecule has 1 aromatic rings. The fraction of sp³-hybridized carbons (Fsp3) is 0.538. The number of nitrogens with zero attached hydrogens (tertiary/aromatic N) is 1. The second kappa shape index (κ2) is 5.29. The lowest BCUT2D eigenvalue weighted by molar-refractivity contribution is 0.0599. The fourth-order valence-corrected chi connectivity index (χ4v) is 1.44. The first-order valence-corrected chi connectivity index (χ1v) is 5.42. The summed E-state index contributed by atoms with van der Waals surface area (Å²) < 4.78 is 0. The van der Waals surface area contributed by atoms with Gasteiger partial charge in [-0.25, -0.2) is 0 Å². The summed E-state index contributed by atoms with van der Waals surface area (Å²) in [5.41, 5.74) is 0.751. The topological polar surface area (TPSA) is 23.5 Å². The highest BCUT2D eigenvalue weighted by atomic mass is 16.3. The molecule has 0 heterocycles. The van der Waals surface area contributed by atoms with Crippen molar-refractivity contribution in [1.82, 2.24) is 4.90 Å². The van der Waals surface area contributed by atoms with Gasteiger partial charge in [0.05, 0.1) is 5.60 Å². The van der Waals surface area contributed by atoms with Crippen LogP contribution in [0.4, 0.5) is 0 Å². The molecule has 2 heteroatoms. The van der Waals surface area contributed by atoms with Crippen LogP contribution in [0.2, 0.25) is 0 Å². The summed E-state index contributed by atoms with van der Waals surface area (Å²) in [6.07, 6.45) is 0.802. The van der Waals surface area contributed by atoms with Gasteiger partial charge in [0.1, 0.15) is 0 Å². The Morgan fingerprint density at radius 2 is 1.80 bits per heavy atom. The van der Waals surface area contributed by atoms with E-state index in [-0.39, 0.29) is 0 Å². The van der Waals surface area contributed by atoms with Gasteiger partial charge in [0.2, 0.25) is 0 Å². The zero-order chi connectivity index (χ0) is 11.3. The highest BCUT2D eigenvalue weighted by Gasteiger charge is 2.13. The molecule has 0 bridgehead atoms. The Bertz CT molecular complexity index is 276. The Balaban J connectivity index is 2.34. The standard InChI is InChI=1S/C13H21NO/c1-13(2,15)9-10-14(3)11-12-7-5-4-6-8-12/h4-8,15H,9-11H2,1-3H3. The van der Waals surface area contributed by atoms with E-state index in [1.165, 1.54) is 5.56 Å². The van der Waals surface area contributed by atoms with Crippen molar-refractivity contribution in [3.8, 4) is 0 Å². The Hall–Kier alpha value is -0.860. The van der Waals surface area contributed by atoms with Crippen molar-refractivity contribution in [3.63, 3.8) is 0 Å². The van der Waals surface area contributed by atoms with Crippen LogP contribution in [0, 0.1) is 0 Å². The maximum absolute atomic E-state index is 9.61. The maximum atomic E-state index is 9.61. The largest absolute Gasteiger partial charge is 0.390 e. The zero-order valence-corrected chi connectivity index (χ0v) is 9.90. The van der Waals surface area contributed by atoms with E-state index in [1.54, 1.807) is 0 Å². The predicted molar refractivity (Wildman–Crippen MR) is 63.7 cm³/mol. The monoisotopic (exact) mass is 207 g/mol. The van der Waals surface area contributed by atoms with Gasteiger partial charge in [-0.05, 0) is 32.9 Å². The molecule has 0 atom stereocenters. The van der Waals surface area contributed by atoms with Crippen LogP contribution in [-0.4, -0.2) is 29.2 Å². The average Bonchev–Trinajstić information content (AvgIpc) is 2.15. The minimum atomic E-state index is -0.565. The molecule has 0 aliphatic carbocycles. The summed E-state index contributed by atoms with van der Waals surface area (Å²) >= 11 is 0. The molecule has 0 aliphatic rings. The third kappa shape index (κ3) is 5.55. The maximum Gasteiger partial charge on any atom is 0.0603 e. The van der Waals surface area contributed by atoms with Crippen molar-refractivity contribution >= 4 is 0 Å². The van der Waals surface area contributed by atoms with E-state index in [0.29, 0.717) is 0 Å². The number of benzene rings is 1. The van der Waals surface area contributed by atoms with Crippen LogP contribution < -0.4 is 0 Å². The van der Waals surface area contributed by atoms with Crippen LogP contribution in [0.5, 0.6) is 0 Å². The van der Waals surface area contributed by atoms with E-state index in [4.69, 9.17) is 0 Å². The minimum Gasteiger partial charge on any atom is -0.390 e. The number of rotatable bonds is 5. The molecule has 84 valence electrons. The van der Waals surface area contributed by atoms with Gasteiger partial charge < -0.3 is 10.0 Å². The first kappa shape index (κ1) is 12.2. The van der Waals surface area contributed by atoms with E-state index < -0.39 is 5.60 Å². The van der Waals surface area contributed by atoms with Gasteiger partial charge in [0.15, 0.2) is 0 Å². The molecule has 0 radical (unpaired) electrons. The van der Waals surface area contributed by atoms with Crippen LogP contribution >= 0.6 is 0 Å². The van der Waals surface area contributed by atoms with Gasteiger partial charge in [0.25, 0.3) is 0 Å². The Morgan fingerprint density at radius 3 is 2.33 bits per heavy atom.